The van der Waals surface area contributed by atoms with Crippen molar-refractivity contribution in [2.24, 2.45) is 5.10 Å². The summed E-state index contributed by atoms with van der Waals surface area (Å²) in [5.41, 5.74) is 2.25. The molecule has 0 fully saturated rings. The lowest BCUT2D eigenvalue weighted by Crippen LogP contribution is -2.20. The molecule has 0 radical (unpaired) electrons. The Balaban J connectivity index is 1.30. The molecular weight excluding hydrogens is 550 g/mol. The largest absolute Gasteiger partial charge is 0.496 e. The van der Waals surface area contributed by atoms with Crippen molar-refractivity contribution >= 4 is 28.1 Å². The summed E-state index contributed by atoms with van der Waals surface area (Å²) in [6.45, 7) is 0.431. The lowest BCUT2D eigenvalue weighted by Gasteiger charge is -2.14. The Hall–Kier alpha value is -5.77. The highest BCUT2D eigenvalue weighted by Crippen LogP contribution is 2.35. The van der Waals surface area contributed by atoms with E-state index in [4.69, 9.17) is 33.1 Å². The van der Waals surface area contributed by atoms with Gasteiger partial charge in [-0.05, 0) is 60.2 Å². The minimum Gasteiger partial charge on any atom is -0.496 e. The van der Waals surface area contributed by atoms with Gasteiger partial charge in [0.1, 0.15) is 17.9 Å². The van der Waals surface area contributed by atoms with E-state index in [0.29, 0.717) is 56.6 Å². The van der Waals surface area contributed by atoms with Crippen LogP contribution < -0.4 is 29.2 Å². The van der Waals surface area contributed by atoms with Gasteiger partial charge in [0.25, 0.3) is 5.56 Å². The summed E-state index contributed by atoms with van der Waals surface area (Å²) in [6.07, 6.45) is 1.54. The van der Waals surface area contributed by atoms with Crippen LogP contribution in [0.1, 0.15) is 11.1 Å². The van der Waals surface area contributed by atoms with Crippen molar-refractivity contribution in [3.8, 4) is 40.3 Å². The summed E-state index contributed by atoms with van der Waals surface area (Å²) in [4.78, 5) is 18.5. The summed E-state index contributed by atoms with van der Waals surface area (Å²) >= 11 is 0. The summed E-state index contributed by atoms with van der Waals surface area (Å²) in [6, 6.07) is 25.5. The molecule has 0 unspecified atom stereocenters. The number of methoxy groups -OCH3 is 2. The minimum absolute atomic E-state index is 0.194. The molecule has 0 saturated heterocycles. The van der Waals surface area contributed by atoms with Gasteiger partial charge in [-0.2, -0.15) is 9.78 Å². The highest BCUT2D eigenvalue weighted by molar-refractivity contribution is 5.89. The van der Waals surface area contributed by atoms with Crippen molar-refractivity contribution < 1.29 is 28.1 Å². The molecule has 0 bridgehead atoms. The average molecular weight is 576 g/mol. The Bertz CT molecular complexity index is 2080. The van der Waals surface area contributed by atoms with E-state index < -0.39 is 0 Å². The van der Waals surface area contributed by atoms with Crippen LogP contribution in [0.2, 0.25) is 0 Å². The number of hydrogen-bond acceptors (Lipinski definition) is 9. The topological polar surface area (TPSA) is 107 Å². The molecule has 0 spiro atoms. The summed E-state index contributed by atoms with van der Waals surface area (Å²) in [5.74, 6) is 3.59. The van der Waals surface area contributed by atoms with Crippen LogP contribution in [0.3, 0.4) is 0 Å². The molecule has 0 aliphatic carbocycles. The lowest BCUT2D eigenvalue weighted by molar-refractivity contribution is 0.174. The third-order valence-electron chi connectivity index (χ3n) is 7.08. The molecule has 6 aromatic rings. The van der Waals surface area contributed by atoms with E-state index in [9.17, 15) is 4.79 Å². The number of aromatic nitrogens is 2. The maximum atomic E-state index is 13.8. The molecule has 43 heavy (non-hydrogen) atoms. The van der Waals surface area contributed by atoms with Gasteiger partial charge in [-0.3, -0.25) is 4.79 Å². The fourth-order valence-electron chi connectivity index (χ4n) is 4.97. The smallest absolute Gasteiger partial charge is 0.282 e. The van der Waals surface area contributed by atoms with Gasteiger partial charge in [-0.1, -0.05) is 30.3 Å². The zero-order valence-electron chi connectivity index (χ0n) is 23.3. The molecule has 0 amide bonds. The van der Waals surface area contributed by atoms with E-state index in [-0.39, 0.29) is 24.8 Å². The molecule has 214 valence electrons. The van der Waals surface area contributed by atoms with Gasteiger partial charge in [0.2, 0.25) is 12.6 Å². The number of furan rings is 1. The molecule has 1 aliphatic heterocycles. The Kier molecular flexibility index (Phi) is 6.63. The van der Waals surface area contributed by atoms with Gasteiger partial charge in [0, 0.05) is 5.56 Å². The van der Waals surface area contributed by atoms with Gasteiger partial charge in [0.05, 0.1) is 36.7 Å². The van der Waals surface area contributed by atoms with Gasteiger partial charge in [0.15, 0.2) is 28.8 Å². The van der Waals surface area contributed by atoms with Crippen molar-refractivity contribution in [3.63, 3.8) is 0 Å². The standard InChI is InChI=1S/C33H25N3O7/c1-38-25-10-6-11-26-23(25)16-30(43-26)32-35-24-9-4-3-8-22(24)33(37)36(32)34-17-21-7-5-12-28(39-2)31(21)40-18-20-13-14-27-29(15-20)42-19-41-27/h3-17H,18-19H2,1-2H3. The number of nitrogens with zero attached hydrogens (tertiary/aromatic N) is 3. The molecule has 7 rings (SSSR count). The van der Waals surface area contributed by atoms with Gasteiger partial charge >= 0.3 is 0 Å². The van der Waals surface area contributed by atoms with E-state index in [1.165, 1.54) is 4.68 Å². The molecule has 2 aromatic heterocycles. The van der Waals surface area contributed by atoms with E-state index in [1.807, 2.05) is 54.6 Å². The Labute approximate surface area is 245 Å². The van der Waals surface area contributed by atoms with Crippen LogP contribution in [0, 0.1) is 0 Å². The predicted octanol–water partition coefficient (Wildman–Crippen LogP) is 6.02. The number of hydrogen-bond donors (Lipinski definition) is 0. The first-order valence-electron chi connectivity index (χ1n) is 13.4. The van der Waals surface area contributed by atoms with Crippen LogP contribution in [0.4, 0.5) is 0 Å². The van der Waals surface area contributed by atoms with E-state index in [2.05, 4.69) is 5.10 Å². The number of ether oxygens (including phenoxy) is 5. The van der Waals surface area contributed by atoms with Gasteiger partial charge in [-0.25, -0.2) is 4.98 Å². The number of benzene rings is 4. The SMILES string of the molecule is COc1cccc(C=Nn2c(-c3cc4c(OC)cccc4o3)nc3ccccc3c2=O)c1OCc1ccc2c(c1)OCO2. The van der Waals surface area contributed by atoms with Crippen molar-refractivity contribution in [2.75, 3.05) is 21.0 Å². The van der Waals surface area contributed by atoms with Crippen LogP contribution in [-0.4, -0.2) is 36.9 Å². The third-order valence-corrected chi connectivity index (χ3v) is 7.08. The Morgan fingerprint density at radius 3 is 2.58 bits per heavy atom. The normalized spacial score (nSPS) is 12.3. The highest BCUT2D eigenvalue weighted by atomic mass is 16.7. The fraction of sp³-hybridized carbons (Fsp3) is 0.121. The summed E-state index contributed by atoms with van der Waals surface area (Å²) < 4.78 is 35.6. The monoisotopic (exact) mass is 575 g/mol. The maximum absolute atomic E-state index is 13.8. The molecule has 3 heterocycles. The van der Waals surface area contributed by atoms with Gasteiger partial charge in [-0.15, -0.1) is 0 Å². The predicted molar refractivity (Wildman–Crippen MR) is 161 cm³/mol. The molecule has 0 N–H and O–H groups in total. The van der Waals surface area contributed by atoms with Crippen LogP contribution in [0.25, 0.3) is 33.5 Å². The molecule has 0 atom stereocenters. The number of para-hydroxylation sites is 2. The Morgan fingerprint density at radius 1 is 0.884 bits per heavy atom. The van der Waals surface area contributed by atoms with Crippen LogP contribution >= 0.6 is 0 Å². The van der Waals surface area contributed by atoms with Crippen molar-refractivity contribution in [1.82, 2.24) is 9.66 Å². The second-order valence-electron chi connectivity index (χ2n) is 9.65. The van der Waals surface area contributed by atoms with Crippen LogP contribution in [-0.2, 0) is 6.61 Å². The zero-order valence-corrected chi connectivity index (χ0v) is 23.3. The van der Waals surface area contributed by atoms with E-state index >= 15 is 0 Å². The van der Waals surface area contributed by atoms with E-state index in [1.54, 1.807) is 50.8 Å². The molecular formula is C33H25N3O7. The fourth-order valence-corrected chi connectivity index (χ4v) is 4.97. The summed E-state index contributed by atoms with van der Waals surface area (Å²) in [5, 5.41) is 5.78. The molecule has 1 aliphatic rings. The molecule has 10 nitrogen and oxygen atoms in total. The molecule has 10 heteroatoms. The maximum Gasteiger partial charge on any atom is 0.282 e. The van der Waals surface area contributed by atoms with Crippen molar-refractivity contribution in [1.29, 1.82) is 0 Å². The number of fused-ring (bicyclic) bond motifs is 3. The first-order chi connectivity index (χ1) is 21.1. The molecule has 0 saturated carbocycles. The lowest BCUT2D eigenvalue weighted by atomic mass is 10.2. The second-order valence-corrected chi connectivity index (χ2v) is 9.65. The van der Waals surface area contributed by atoms with Crippen molar-refractivity contribution in [3.05, 3.63) is 106 Å². The zero-order chi connectivity index (χ0) is 29.3. The highest BCUT2D eigenvalue weighted by Gasteiger charge is 2.19. The number of rotatable bonds is 8. The van der Waals surface area contributed by atoms with Crippen LogP contribution in [0.5, 0.6) is 28.7 Å². The first-order valence-corrected chi connectivity index (χ1v) is 13.4. The van der Waals surface area contributed by atoms with Gasteiger partial charge < -0.3 is 28.1 Å². The Morgan fingerprint density at radius 2 is 1.70 bits per heavy atom. The van der Waals surface area contributed by atoms with E-state index in [0.717, 1.165) is 10.9 Å². The van der Waals surface area contributed by atoms with Crippen LogP contribution in [0.15, 0.2) is 99.2 Å². The third kappa shape index (κ3) is 4.78. The minimum atomic E-state index is -0.352. The first kappa shape index (κ1) is 26.1. The second kappa shape index (κ2) is 10.9. The summed E-state index contributed by atoms with van der Waals surface area (Å²) in [7, 11) is 3.16. The average Bonchev–Trinajstić information content (AvgIpc) is 3.70. The van der Waals surface area contributed by atoms with Crippen molar-refractivity contribution in [2.45, 2.75) is 6.61 Å². The quantitative estimate of drug-likeness (QED) is 0.203. The molecule has 4 aromatic carbocycles.